The highest BCUT2D eigenvalue weighted by Gasteiger charge is 2.25. The first-order valence-electron chi connectivity index (χ1n) is 9.72. The summed E-state index contributed by atoms with van der Waals surface area (Å²) in [4.78, 5) is 21.4. The summed E-state index contributed by atoms with van der Waals surface area (Å²) in [7, 11) is 0. The number of nitrogens with one attached hydrogen (secondary N) is 2. The number of carbonyl (C=O) groups is 1. The molecule has 0 aliphatic heterocycles. The van der Waals surface area contributed by atoms with Crippen LogP contribution >= 0.6 is 0 Å². The molecule has 2 aliphatic carbocycles. The quantitative estimate of drug-likeness (QED) is 0.868. The monoisotopic (exact) mass is 350 g/mol. The Morgan fingerprint density at radius 1 is 1.00 bits per heavy atom. The molecule has 2 aliphatic rings. The summed E-state index contributed by atoms with van der Waals surface area (Å²) < 4.78 is 0. The van der Waals surface area contributed by atoms with Gasteiger partial charge in [-0.25, -0.2) is 9.97 Å². The topological polar surface area (TPSA) is 66.9 Å². The summed E-state index contributed by atoms with van der Waals surface area (Å²) >= 11 is 0. The Balaban J connectivity index is 1.38. The van der Waals surface area contributed by atoms with Gasteiger partial charge in [-0.1, -0.05) is 43.5 Å². The average molecular weight is 350 g/mol. The van der Waals surface area contributed by atoms with Gasteiger partial charge in [-0.3, -0.25) is 4.79 Å². The minimum Gasteiger partial charge on any atom is -0.368 e. The number of amides is 1. The summed E-state index contributed by atoms with van der Waals surface area (Å²) in [6.07, 6.45) is 11.5. The SMILES string of the molecule is O=C(NC1Cc2ccccc2C1)c1nccnc1NCC1CCCCC1. The van der Waals surface area contributed by atoms with Gasteiger partial charge in [0.1, 0.15) is 0 Å². The molecule has 26 heavy (non-hydrogen) atoms. The maximum atomic E-state index is 12.8. The molecule has 1 heterocycles. The molecule has 0 atom stereocenters. The van der Waals surface area contributed by atoms with Crippen molar-refractivity contribution in [2.24, 2.45) is 5.92 Å². The van der Waals surface area contributed by atoms with Gasteiger partial charge in [0.15, 0.2) is 11.5 Å². The zero-order valence-electron chi connectivity index (χ0n) is 15.1. The lowest BCUT2D eigenvalue weighted by Gasteiger charge is -2.22. The summed E-state index contributed by atoms with van der Waals surface area (Å²) in [6.45, 7) is 0.869. The number of hydrogen-bond acceptors (Lipinski definition) is 4. The molecule has 1 saturated carbocycles. The maximum absolute atomic E-state index is 12.8. The number of carbonyl (C=O) groups excluding carboxylic acids is 1. The van der Waals surface area contributed by atoms with E-state index in [-0.39, 0.29) is 11.9 Å². The highest BCUT2D eigenvalue weighted by Crippen LogP contribution is 2.25. The summed E-state index contributed by atoms with van der Waals surface area (Å²) in [5.41, 5.74) is 3.06. The van der Waals surface area contributed by atoms with E-state index < -0.39 is 0 Å². The lowest BCUT2D eigenvalue weighted by Crippen LogP contribution is -2.36. The summed E-state index contributed by atoms with van der Waals surface area (Å²) in [6, 6.07) is 8.52. The normalized spacial score (nSPS) is 17.7. The minimum atomic E-state index is -0.137. The first-order chi connectivity index (χ1) is 12.8. The number of aromatic nitrogens is 2. The molecule has 1 aromatic carbocycles. The smallest absolute Gasteiger partial charge is 0.273 e. The number of rotatable bonds is 5. The standard InChI is InChI=1S/C21H26N4O/c26-21(25-18-12-16-8-4-5-9-17(16)13-18)19-20(23-11-10-22-19)24-14-15-6-2-1-3-7-15/h4-5,8-11,15,18H,1-3,6-7,12-14H2,(H,23,24)(H,25,26). The van der Waals surface area contributed by atoms with Crippen LogP contribution in [0.25, 0.3) is 0 Å². The van der Waals surface area contributed by atoms with E-state index in [0.29, 0.717) is 17.4 Å². The molecule has 0 saturated heterocycles. The van der Waals surface area contributed by atoms with Gasteiger partial charge in [0, 0.05) is 25.0 Å². The van der Waals surface area contributed by atoms with Gasteiger partial charge in [-0.05, 0) is 42.7 Å². The Labute approximate surface area is 154 Å². The van der Waals surface area contributed by atoms with E-state index in [0.717, 1.165) is 19.4 Å². The molecule has 1 amide bonds. The van der Waals surface area contributed by atoms with E-state index >= 15 is 0 Å². The highest BCUT2D eigenvalue weighted by atomic mass is 16.2. The second-order valence-corrected chi connectivity index (χ2v) is 7.49. The van der Waals surface area contributed by atoms with Crippen molar-refractivity contribution in [1.82, 2.24) is 15.3 Å². The Morgan fingerprint density at radius 2 is 1.69 bits per heavy atom. The van der Waals surface area contributed by atoms with Crippen LogP contribution in [0.4, 0.5) is 5.82 Å². The molecule has 136 valence electrons. The van der Waals surface area contributed by atoms with Crippen LogP contribution in [0.15, 0.2) is 36.7 Å². The molecule has 0 spiro atoms. The fourth-order valence-electron chi connectivity index (χ4n) is 4.18. The molecule has 4 rings (SSSR count). The van der Waals surface area contributed by atoms with E-state index in [1.165, 1.54) is 43.2 Å². The Bertz CT molecular complexity index is 745. The van der Waals surface area contributed by atoms with Crippen molar-refractivity contribution in [3.8, 4) is 0 Å². The molecule has 5 heteroatoms. The molecule has 5 nitrogen and oxygen atoms in total. The van der Waals surface area contributed by atoms with Crippen LogP contribution in [0.2, 0.25) is 0 Å². The van der Waals surface area contributed by atoms with Gasteiger partial charge in [0.2, 0.25) is 0 Å². The molecule has 2 N–H and O–H groups in total. The number of anilines is 1. The summed E-state index contributed by atoms with van der Waals surface area (Å²) in [5.74, 6) is 1.14. The third kappa shape index (κ3) is 3.87. The second kappa shape index (κ2) is 7.85. The first kappa shape index (κ1) is 17.0. The molecule has 0 radical (unpaired) electrons. The summed E-state index contributed by atoms with van der Waals surface area (Å²) in [5, 5.41) is 6.51. The predicted molar refractivity (Wildman–Crippen MR) is 102 cm³/mol. The molecular weight excluding hydrogens is 324 g/mol. The molecular formula is C21H26N4O. The largest absolute Gasteiger partial charge is 0.368 e. The molecule has 1 fully saturated rings. The van der Waals surface area contributed by atoms with Crippen molar-refractivity contribution in [1.29, 1.82) is 0 Å². The second-order valence-electron chi connectivity index (χ2n) is 7.49. The first-order valence-corrected chi connectivity index (χ1v) is 9.72. The van der Waals surface area contributed by atoms with Crippen molar-refractivity contribution < 1.29 is 4.79 Å². The Kier molecular flexibility index (Phi) is 5.14. The Hall–Kier alpha value is -2.43. The van der Waals surface area contributed by atoms with Crippen LogP contribution in [-0.2, 0) is 12.8 Å². The number of hydrogen-bond donors (Lipinski definition) is 2. The Morgan fingerprint density at radius 3 is 2.42 bits per heavy atom. The van der Waals surface area contributed by atoms with Crippen LogP contribution in [0, 0.1) is 5.92 Å². The fraction of sp³-hybridized carbons (Fsp3) is 0.476. The van der Waals surface area contributed by atoms with Crippen molar-refractivity contribution in [3.63, 3.8) is 0 Å². The lowest BCUT2D eigenvalue weighted by atomic mass is 9.89. The van der Waals surface area contributed by atoms with Gasteiger partial charge in [0.25, 0.3) is 5.91 Å². The van der Waals surface area contributed by atoms with E-state index in [1.807, 2.05) is 0 Å². The third-order valence-corrected chi connectivity index (χ3v) is 5.58. The number of nitrogens with zero attached hydrogens (tertiary/aromatic N) is 2. The fourth-order valence-corrected chi connectivity index (χ4v) is 4.18. The third-order valence-electron chi connectivity index (χ3n) is 5.58. The number of benzene rings is 1. The maximum Gasteiger partial charge on any atom is 0.273 e. The zero-order chi connectivity index (χ0) is 17.8. The highest BCUT2D eigenvalue weighted by molar-refractivity contribution is 5.96. The van der Waals surface area contributed by atoms with Crippen LogP contribution in [0.1, 0.15) is 53.7 Å². The van der Waals surface area contributed by atoms with Crippen LogP contribution in [0.5, 0.6) is 0 Å². The van der Waals surface area contributed by atoms with Crippen LogP contribution in [0.3, 0.4) is 0 Å². The van der Waals surface area contributed by atoms with E-state index in [4.69, 9.17) is 0 Å². The van der Waals surface area contributed by atoms with Crippen molar-refractivity contribution in [2.75, 3.05) is 11.9 Å². The number of fused-ring (bicyclic) bond motifs is 1. The van der Waals surface area contributed by atoms with Crippen molar-refractivity contribution in [2.45, 2.75) is 51.0 Å². The zero-order valence-corrected chi connectivity index (χ0v) is 15.1. The van der Waals surface area contributed by atoms with Crippen LogP contribution in [-0.4, -0.2) is 28.5 Å². The van der Waals surface area contributed by atoms with Gasteiger partial charge in [0.05, 0.1) is 0 Å². The lowest BCUT2D eigenvalue weighted by molar-refractivity contribution is 0.0934. The van der Waals surface area contributed by atoms with Crippen molar-refractivity contribution in [3.05, 3.63) is 53.5 Å². The van der Waals surface area contributed by atoms with Gasteiger partial charge in [-0.15, -0.1) is 0 Å². The van der Waals surface area contributed by atoms with Gasteiger partial charge in [-0.2, -0.15) is 0 Å². The van der Waals surface area contributed by atoms with Gasteiger partial charge >= 0.3 is 0 Å². The molecule has 2 aromatic rings. The predicted octanol–water partition coefficient (Wildman–Crippen LogP) is 3.37. The van der Waals surface area contributed by atoms with E-state index in [9.17, 15) is 4.79 Å². The molecule has 0 unspecified atom stereocenters. The van der Waals surface area contributed by atoms with E-state index in [2.05, 4.69) is 44.9 Å². The van der Waals surface area contributed by atoms with Crippen molar-refractivity contribution >= 4 is 11.7 Å². The molecule has 1 aromatic heterocycles. The minimum absolute atomic E-state index is 0.133. The van der Waals surface area contributed by atoms with E-state index in [1.54, 1.807) is 12.4 Å². The van der Waals surface area contributed by atoms with Crippen LogP contribution < -0.4 is 10.6 Å². The van der Waals surface area contributed by atoms with Gasteiger partial charge < -0.3 is 10.6 Å². The molecule has 0 bridgehead atoms. The average Bonchev–Trinajstić information content (AvgIpc) is 3.09.